The van der Waals surface area contributed by atoms with E-state index in [0.717, 1.165) is 0 Å². The Morgan fingerprint density at radius 1 is 1.11 bits per heavy atom. The molecule has 0 aromatic heterocycles. The third-order valence-corrected chi connectivity index (χ3v) is 0.733. The molecule has 0 fully saturated rings. The Morgan fingerprint density at radius 2 is 1.56 bits per heavy atom. The number of hydrogen-bond acceptors (Lipinski definition) is 1. The van der Waals surface area contributed by atoms with E-state index in [2.05, 4.69) is 5.73 Å². The Morgan fingerprint density at radius 3 is 1.78 bits per heavy atom. The topological polar surface area (TPSA) is 26.0 Å². The fourth-order valence-electron chi connectivity index (χ4n) is 0.415. The van der Waals surface area contributed by atoms with Gasteiger partial charge >= 0.3 is 0 Å². The molecule has 0 aliphatic heterocycles. The monoisotopic (exact) mass is 127 g/mol. The number of nitrogens with two attached hydrogens (primary N) is 1. The van der Waals surface area contributed by atoms with Gasteiger partial charge in [0.25, 0.3) is 0 Å². The standard InChI is InChI=1S/C6H5F.CH5N/c7-6-4-2-1-3-5-6;1-2/h1-5H;2H2,1H3. The summed E-state index contributed by atoms with van der Waals surface area (Å²) in [6, 6.07) is 7.94. The Kier molecular flexibility index (Phi) is 4.73. The second kappa shape index (κ2) is 5.25. The van der Waals surface area contributed by atoms with Crippen molar-refractivity contribution in [1.29, 1.82) is 0 Å². The second-order valence-electron chi connectivity index (χ2n) is 1.30. The first kappa shape index (κ1) is 8.11. The molecule has 0 unspecified atom stereocenters. The van der Waals surface area contributed by atoms with E-state index in [1.165, 1.54) is 19.2 Å². The van der Waals surface area contributed by atoms with E-state index in [1.807, 2.05) is 0 Å². The summed E-state index contributed by atoms with van der Waals surface area (Å²) in [4.78, 5) is 0. The van der Waals surface area contributed by atoms with Crippen molar-refractivity contribution >= 4 is 0 Å². The van der Waals surface area contributed by atoms with E-state index >= 15 is 0 Å². The van der Waals surface area contributed by atoms with Crippen LogP contribution in [0.4, 0.5) is 4.39 Å². The van der Waals surface area contributed by atoms with Gasteiger partial charge in [-0.1, -0.05) is 18.2 Å². The quantitative estimate of drug-likeness (QED) is 0.560. The van der Waals surface area contributed by atoms with Crippen LogP contribution in [0.3, 0.4) is 0 Å². The van der Waals surface area contributed by atoms with Crippen LogP contribution < -0.4 is 5.73 Å². The van der Waals surface area contributed by atoms with Crippen molar-refractivity contribution in [3.63, 3.8) is 0 Å². The predicted molar refractivity (Wildman–Crippen MR) is 36.5 cm³/mol. The predicted octanol–water partition coefficient (Wildman–Crippen LogP) is 1.40. The molecule has 1 aromatic carbocycles. The van der Waals surface area contributed by atoms with Crippen molar-refractivity contribution in [3.05, 3.63) is 36.1 Å². The van der Waals surface area contributed by atoms with Crippen LogP contribution >= 0.6 is 0 Å². The number of halogens is 1. The van der Waals surface area contributed by atoms with Crippen LogP contribution in [-0.2, 0) is 0 Å². The molecule has 0 saturated heterocycles. The van der Waals surface area contributed by atoms with Gasteiger partial charge in [-0.05, 0) is 19.2 Å². The maximum atomic E-state index is 11.9. The van der Waals surface area contributed by atoms with Crippen molar-refractivity contribution < 1.29 is 4.39 Å². The second-order valence-corrected chi connectivity index (χ2v) is 1.30. The van der Waals surface area contributed by atoms with Gasteiger partial charge in [-0.2, -0.15) is 0 Å². The van der Waals surface area contributed by atoms with Gasteiger partial charge in [0, 0.05) is 0 Å². The molecule has 0 bridgehead atoms. The molecular weight excluding hydrogens is 117 g/mol. The van der Waals surface area contributed by atoms with Crippen LogP contribution in [0.25, 0.3) is 0 Å². The van der Waals surface area contributed by atoms with E-state index in [4.69, 9.17) is 0 Å². The van der Waals surface area contributed by atoms with Crippen molar-refractivity contribution in [2.45, 2.75) is 0 Å². The number of rotatable bonds is 0. The molecule has 0 heterocycles. The third-order valence-electron chi connectivity index (χ3n) is 0.733. The van der Waals surface area contributed by atoms with Crippen LogP contribution in [0, 0.1) is 5.82 Å². The highest BCUT2D eigenvalue weighted by Crippen LogP contribution is 1.91. The Bertz CT molecular complexity index is 139. The molecule has 0 aliphatic rings. The molecule has 50 valence electrons. The maximum absolute atomic E-state index is 11.9. The minimum absolute atomic E-state index is 0.178. The highest BCUT2D eigenvalue weighted by Gasteiger charge is 1.77. The first-order valence-corrected chi connectivity index (χ1v) is 2.68. The van der Waals surface area contributed by atoms with E-state index in [1.54, 1.807) is 18.2 Å². The Balaban J connectivity index is 0.000000291. The summed E-state index contributed by atoms with van der Waals surface area (Å²) in [5.41, 5.74) is 4.50. The lowest BCUT2D eigenvalue weighted by atomic mass is 10.4. The van der Waals surface area contributed by atoms with Crippen LogP contribution in [0.2, 0.25) is 0 Å². The molecule has 1 rings (SSSR count). The van der Waals surface area contributed by atoms with Crippen LogP contribution in [-0.4, -0.2) is 7.05 Å². The minimum Gasteiger partial charge on any atom is -0.333 e. The molecule has 0 aliphatic carbocycles. The Hall–Kier alpha value is -0.890. The molecule has 0 radical (unpaired) electrons. The van der Waals surface area contributed by atoms with E-state index in [0.29, 0.717) is 0 Å². The van der Waals surface area contributed by atoms with Crippen molar-refractivity contribution in [3.8, 4) is 0 Å². The van der Waals surface area contributed by atoms with Crippen molar-refractivity contribution in [2.24, 2.45) is 5.73 Å². The molecule has 9 heavy (non-hydrogen) atoms. The molecule has 1 nitrogen and oxygen atoms in total. The van der Waals surface area contributed by atoms with Gasteiger partial charge in [0.15, 0.2) is 0 Å². The summed E-state index contributed by atoms with van der Waals surface area (Å²) in [6.45, 7) is 0. The lowest BCUT2D eigenvalue weighted by molar-refractivity contribution is 0.628. The average Bonchev–Trinajstić information content (AvgIpc) is 1.94. The molecule has 1 aromatic rings. The van der Waals surface area contributed by atoms with Gasteiger partial charge in [-0.3, -0.25) is 0 Å². The zero-order valence-electron chi connectivity index (χ0n) is 5.34. The lowest BCUT2D eigenvalue weighted by Crippen LogP contribution is -1.69. The SMILES string of the molecule is CN.Fc1ccccc1. The molecule has 2 heteroatoms. The first-order valence-electron chi connectivity index (χ1n) is 2.68. The van der Waals surface area contributed by atoms with E-state index < -0.39 is 0 Å². The summed E-state index contributed by atoms with van der Waals surface area (Å²) < 4.78 is 11.9. The highest BCUT2D eigenvalue weighted by molar-refractivity contribution is 5.02. The summed E-state index contributed by atoms with van der Waals surface area (Å²) in [7, 11) is 1.50. The Labute approximate surface area is 54.3 Å². The largest absolute Gasteiger partial charge is 0.333 e. The molecule has 0 amide bonds. The van der Waals surface area contributed by atoms with Gasteiger partial charge in [-0.25, -0.2) is 4.39 Å². The molecule has 0 atom stereocenters. The third kappa shape index (κ3) is 3.67. The van der Waals surface area contributed by atoms with Gasteiger partial charge in [-0.15, -0.1) is 0 Å². The molecule has 0 spiro atoms. The highest BCUT2D eigenvalue weighted by atomic mass is 19.1. The van der Waals surface area contributed by atoms with Crippen LogP contribution in [0.5, 0.6) is 0 Å². The average molecular weight is 127 g/mol. The van der Waals surface area contributed by atoms with Crippen LogP contribution in [0.1, 0.15) is 0 Å². The van der Waals surface area contributed by atoms with Gasteiger partial charge in [0.05, 0.1) is 0 Å². The maximum Gasteiger partial charge on any atom is 0.123 e. The number of hydrogen-bond donors (Lipinski definition) is 1. The summed E-state index contributed by atoms with van der Waals surface area (Å²) >= 11 is 0. The van der Waals surface area contributed by atoms with E-state index in [9.17, 15) is 4.39 Å². The van der Waals surface area contributed by atoms with Gasteiger partial charge < -0.3 is 5.73 Å². The lowest BCUT2D eigenvalue weighted by Gasteiger charge is -1.78. The van der Waals surface area contributed by atoms with Crippen molar-refractivity contribution in [1.82, 2.24) is 0 Å². The molecular formula is C7H10FN. The minimum atomic E-state index is -0.178. The number of benzene rings is 1. The summed E-state index contributed by atoms with van der Waals surface area (Å²) in [5, 5.41) is 0. The summed E-state index contributed by atoms with van der Waals surface area (Å²) in [6.07, 6.45) is 0. The fraction of sp³-hybridized carbons (Fsp3) is 0.143. The first-order chi connectivity index (χ1) is 4.39. The van der Waals surface area contributed by atoms with Crippen LogP contribution in [0.15, 0.2) is 30.3 Å². The van der Waals surface area contributed by atoms with E-state index in [-0.39, 0.29) is 5.82 Å². The zero-order chi connectivity index (χ0) is 7.11. The molecule has 2 N–H and O–H groups in total. The van der Waals surface area contributed by atoms with Crippen molar-refractivity contribution in [2.75, 3.05) is 7.05 Å². The summed E-state index contributed by atoms with van der Waals surface area (Å²) in [5.74, 6) is -0.178. The van der Waals surface area contributed by atoms with Gasteiger partial charge in [0.1, 0.15) is 5.82 Å². The smallest absolute Gasteiger partial charge is 0.123 e. The zero-order valence-corrected chi connectivity index (χ0v) is 5.34. The fourth-order valence-corrected chi connectivity index (χ4v) is 0.415. The normalized spacial score (nSPS) is 7.44. The van der Waals surface area contributed by atoms with Gasteiger partial charge in [0.2, 0.25) is 0 Å². The molecule has 0 saturated carbocycles.